The van der Waals surface area contributed by atoms with E-state index in [0.717, 1.165) is 23.5 Å². The lowest BCUT2D eigenvalue weighted by molar-refractivity contribution is 0.382. The molecule has 96 valence electrons. The van der Waals surface area contributed by atoms with E-state index in [4.69, 9.17) is 10.7 Å². The number of nitrogens with two attached hydrogens (primary N) is 1. The van der Waals surface area contributed by atoms with Crippen molar-refractivity contribution in [3.8, 4) is 11.3 Å². The van der Waals surface area contributed by atoms with Crippen molar-refractivity contribution < 1.29 is 0 Å². The van der Waals surface area contributed by atoms with Crippen LogP contribution >= 0.6 is 11.3 Å². The minimum Gasteiger partial charge on any atom is -0.399 e. The summed E-state index contributed by atoms with van der Waals surface area (Å²) in [6.07, 6.45) is 0. The number of rotatable bonds is 4. The predicted molar refractivity (Wildman–Crippen MR) is 78.9 cm³/mol. The van der Waals surface area contributed by atoms with Crippen LogP contribution in [0.5, 0.6) is 0 Å². The number of hydrogen-bond acceptors (Lipinski definition) is 4. The molecule has 0 bridgehead atoms. The molecule has 1 aromatic heterocycles. The van der Waals surface area contributed by atoms with Crippen LogP contribution in [0, 0.1) is 0 Å². The minimum absolute atomic E-state index is 0.458. The highest BCUT2D eigenvalue weighted by molar-refractivity contribution is 7.10. The Bertz CT molecular complexity index is 519. The number of nitrogen functional groups attached to an aromatic ring is 1. The number of likely N-dealkylation sites (N-methyl/N-ethyl adjacent to an activating group) is 1. The predicted octanol–water partition coefficient (Wildman–Crippen LogP) is 3.06. The summed E-state index contributed by atoms with van der Waals surface area (Å²) in [5.74, 6) is 0.458. The van der Waals surface area contributed by atoms with Crippen molar-refractivity contribution in [3.63, 3.8) is 0 Å². The van der Waals surface area contributed by atoms with Crippen LogP contribution in [0.15, 0.2) is 29.6 Å². The van der Waals surface area contributed by atoms with E-state index in [1.54, 1.807) is 11.3 Å². The van der Waals surface area contributed by atoms with Gasteiger partial charge in [0.05, 0.1) is 10.7 Å². The van der Waals surface area contributed by atoms with Gasteiger partial charge in [-0.3, -0.25) is 0 Å². The monoisotopic (exact) mass is 261 g/mol. The molecular formula is C14H19N3S. The zero-order valence-electron chi connectivity index (χ0n) is 11.1. The third kappa shape index (κ3) is 3.09. The van der Waals surface area contributed by atoms with Crippen molar-refractivity contribution in [3.05, 3.63) is 34.7 Å². The maximum absolute atomic E-state index is 5.80. The zero-order valence-corrected chi connectivity index (χ0v) is 11.9. The van der Waals surface area contributed by atoms with Crippen molar-refractivity contribution in [2.24, 2.45) is 0 Å². The standard InChI is InChI=1S/C14H19N3S/c1-10(8-17(2)3)14-16-13(9-18-14)11-5-4-6-12(15)7-11/h4-7,9-10H,8,15H2,1-3H3. The molecule has 0 saturated carbocycles. The maximum atomic E-state index is 5.80. The molecule has 2 rings (SSSR count). The van der Waals surface area contributed by atoms with Gasteiger partial charge < -0.3 is 10.6 Å². The molecule has 4 heteroatoms. The van der Waals surface area contributed by atoms with E-state index in [2.05, 4.69) is 31.3 Å². The van der Waals surface area contributed by atoms with Crippen molar-refractivity contribution >= 4 is 17.0 Å². The lowest BCUT2D eigenvalue weighted by Gasteiger charge is -2.14. The van der Waals surface area contributed by atoms with Gasteiger partial charge in [-0.05, 0) is 26.2 Å². The third-order valence-corrected chi connectivity index (χ3v) is 3.84. The Morgan fingerprint density at radius 1 is 1.39 bits per heavy atom. The van der Waals surface area contributed by atoms with E-state index in [0.29, 0.717) is 5.92 Å². The molecule has 0 aliphatic rings. The Hall–Kier alpha value is -1.39. The molecule has 0 aliphatic heterocycles. The van der Waals surface area contributed by atoms with Crippen LogP contribution < -0.4 is 5.73 Å². The summed E-state index contributed by atoms with van der Waals surface area (Å²) >= 11 is 1.72. The van der Waals surface area contributed by atoms with Crippen LogP contribution in [-0.2, 0) is 0 Å². The average Bonchev–Trinajstić information content (AvgIpc) is 2.77. The molecule has 1 unspecified atom stereocenters. The lowest BCUT2D eigenvalue weighted by atomic mass is 10.1. The van der Waals surface area contributed by atoms with Crippen LogP contribution in [-0.4, -0.2) is 30.5 Å². The fourth-order valence-corrected chi connectivity index (χ4v) is 2.85. The molecule has 2 N–H and O–H groups in total. The molecule has 1 atom stereocenters. The molecule has 0 aliphatic carbocycles. The van der Waals surface area contributed by atoms with Crippen molar-refractivity contribution in [1.82, 2.24) is 9.88 Å². The van der Waals surface area contributed by atoms with Gasteiger partial charge >= 0.3 is 0 Å². The van der Waals surface area contributed by atoms with E-state index < -0.39 is 0 Å². The highest BCUT2D eigenvalue weighted by Crippen LogP contribution is 2.27. The second-order valence-corrected chi connectivity index (χ2v) is 5.75. The van der Waals surface area contributed by atoms with Crippen molar-refractivity contribution in [2.45, 2.75) is 12.8 Å². The molecule has 0 fully saturated rings. The minimum atomic E-state index is 0.458. The Kier molecular flexibility index (Phi) is 3.99. The third-order valence-electron chi connectivity index (χ3n) is 2.76. The van der Waals surface area contributed by atoms with Crippen LogP contribution in [0.3, 0.4) is 0 Å². The van der Waals surface area contributed by atoms with Gasteiger partial charge in [-0.25, -0.2) is 4.98 Å². The van der Waals surface area contributed by atoms with Gasteiger partial charge in [0.1, 0.15) is 0 Å². The molecule has 0 saturated heterocycles. The highest BCUT2D eigenvalue weighted by atomic mass is 32.1. The smallest absolute Gasteiger partial charge is 0.0973 e. The Labute approximate surface area is 112 Å². The fraction of sp³-hybridized carbons (Fsp3) is 0.357. The van der Waals surface area contributed by atoms with Gasteiger partial charge in [-0.1, -0.05) is 19.1 Å². The van der Waals surface area contributed by atoms with Crippen molar-refractivity contribution in [2.75, 3.05) is 26.4 Å². The van der Waals surface area contributed by atoms with Crippen LogP contribution in [0.25, 0.3) is 11.3 Å². The van der Waals surface area contributed by atoms with Gasteiger partial charge in [0, 0.05) is 29.1 Å². The van der Waals surface area contributed by atoms with Gasteiger partial charge in [-0.15, -0.1) is 11.3 Å². The normalized spacial score (nSPS) is 12.9. The largest absolute Gasteiger partial charge is 0.399 e. The molecular weight excluding hydrogens is 242 g/mol. The Morgan fingerprint density at radius 3 is 2.83 bits per heavy atom. The van der Waals surface area contributed by atoms with Crippen LogP contribution in [0.1, 0.15) is 17.8 Å². The summed E-state index contributed by atoms with van der Waals surface area (Å²) in [7, 11) is 4.17. The number of anilines is 1. The quantitative estimate of drug-likeness (QED) is 0.860. The van der Waals surface area contributed by atoms with Gasteiger partial charge in [0.25, 0.3) is 0 Å². The number of aromatic nitrogens is 1. The molecule has 18 heavy (non-hydrogen) atoms. The average molecular weight is 261 g/mol. The van der Waals surface area contributed by atoms with Gasteiger partial charge in [0.15, 0.2) is 0 Å². The maximum Gasteiger partial charge on any atom is 0.0973 e. The molecule has 0 radical (unpaired) electrons. The SMILES string of the molecule is CC(CN(C)C)c1nc(-c2cccc(N)c2)cs1. The van der Waals surface area contributed by atoms with E-state index in [1.807, 2.05) is 24.3 Å². The summed E-state index contributed by atoms with van der Waals surface area (Å²) < 4.78 is 0. The lowest BCUT2D eigenvalue weighted by Crippen LogP contribution is -2.18. The Balaban J connectivity index is 2.20. The number of benzene rings is 1. The van der Waals surface area contributed by atoms with E-state index >= 15 is 0 Å². The van der Waals surface area contributed by atoms with Gasteiger partial charge in [0.2, 0.25) is 0 Å². The second kappa shape index (κ2) is 5.50. The summed E-state index contributed by atoms with van der Waals surface area (Å²) in [5.41, 5.74) is 8.69. The summed E-state index contributed by atoms with van der Waals surface area (Å²) in [4.78, 5) is 6.90. The fourth-order valence-electron chi connectivity index (χ4n) is 1.97. The van der Waals surface area contributed by atoms with E-state index in [1.165, 1.54) is 5.01 Å². The van der Waals surface area contributed by atoms with E-state index in [-0.39, 0.29) is 0 Å². The first-order valence-electron chi connectivity index (χ1n) is 6.02. The number of thiazole rings is 1. The summed E-state index contributed by atoms with van der Waals surface area (Å²) in [6.45, 7) is 3.23. The Morgan fingerprint density at radius 2 is 2.17 bits per heavy atom. The first-order valence-corrected chi connectivity index (χ1v) is 6.90. The molecule has 1 heterocycles. The number of nitrogens with zero attached hydrogens (tertiary/aromatic N) is 2. The zero-order chi connectivity index (χ0) is 13.1. The molecule has 0 spiro atoms. The summed E-state index contributed by atoms with van der Waals surface area (Å²) in [6, 6.07) is 7.87. The highest BCUT2D eigenvalue weighted by Gasteiger charge is 2.12. The molecule has 0 amide bonds. The topological polar surface area (TPSA) is 42.2 Å². The van der Waals surface area contributed by atoms with E-state index in [9.17, 15) is 0 Å². The summed E-state index contributed by atoms with van der Waals surface area (Å²) in [5, 5.41) is 3.29. The van der Waals surface area contributed by atoms with Crippen molar-refractivity contribution in [1.29, 1.82) is 0 Å². The first kappa shape index (κ1) is 13.1. The molecule has 3 nitrogen and oxygen atoms in total. The first-order chi connectivity index (χ1) is 8.56. The second-order valence-electron chi connectivity index (χ2n) is 4.86. The number of hydrogen-bond donors (Lipinski definition) is 1. The van der Waals surface area contributed by atoms with Crippen LogP contribution in [0.2, 0.25) is 0 Å². The molecule has 2 aromatic rings. The van der Waals surface area contributed by atoms with Gasteiger partial charge in [-0.2, -0.15) is 0 Å². The molecule has 1 aromatic carbocycles. The van der Waals surface area contributed by atoms with Crippen LogP contribution in [0.4, 0.5) is 5.69 Å².